The third-order valence-electron chi connectivity index (χ3n) is 23.5. The van der Waals surface area contributed by atoms with Crippen LogP contribution in [0.5, 0.6) is 0 Å². The molecule has 0 saturated carbocycles. The maximum Gasteiger partial charge on any atom is 0.472 e. The number of fused-ring (bicyclic) bond motifs is 2. The van der Waals surface area contributed by atoms with Crippen LogP contribution >= 0.6 is 34.7 Å². The van der Waals surface area contributed by atoms with Gasteiger partial charge in [0.2, 0.25) is 5.95 Å². The van der Waals surface area contributed by atoms with Crippen molar-refractivity contribution < 1.29 is 155 Å². The van der Waals surface area contributed by atoms with Crippen LogP contribution in [-0.2, 0) is 173 Å². The van der Waals surface area contributed by atoms with Gasteiger partial charge in [0.25, 0.3) is 22.2 Å². The Labute approximate surface area is 839 Å². The normalized spacial score (nSPS) is 29.2. The Kier molecular flexibility index (Phi) is 38.3. The number of aliphatic hydroxyl groups is 1. The Hall–Kier alpha value is -7.23. The van der Waals surface area contributed by atoms with E-state index in [0.29, 0.717) is 0 Å². The highest BCUT2D eigenvalue weighted by Crippen LogP contribution is 2.58. The average Bonchev–Trinajstić information content (AvgIpc) is 1.60. The first kappa shape index (κ1) is 113. The summed E-state index contributed by atoms with van der Waals surface area (Å²) < 4.78 is 180. The van der Waals surface area contributed by atoms with Crippen molar-refractivity contribution in [1.29, 1.82) is 0 Å². The number of rotatable bonds is 52. The SMILES string of the molecule is CC[C@H]1O[C@@H](n2cc(C)c(=O)[nH]c2=O)C[C@H]1OP(O)(=S)OC[C@H]1O[C@@H](n2cc(C)c(=O)[nH]c2=O)C(OCCOC)[C@H]1OP(O)(=S)OC[C@H]1O[C@@H](n2cnc3c(N)ncnc32)C(OCCOC)[C@H]1OP(=O)(O)OC[C@H]1O[C@@H](n2cnc3c(=O)[nH]c(N)nc32)C(OCCOC)[C@H]1OP(O)(=S)OC[C@H]1O[C@@H](n2cc(C)c(N)nc2=O)C(OCCOC)[C@H]1OP(O)(=S)OC[C@H]1O[C@@H](n2cc(C)c(=O)[nH]c2=O)C(OCCOC)[C@H]1O. The van der Waals surface area contributed by atoms with Gasteiger partial charge in [-0.25, -0.2) is 43.7 Å². The largest absolute Gasteiger partial charge is 0.472 e. The summed E-state index contributed by atoms with van der Waals surface area (Å²) in [7, 11) is 0.875. The Bertz CT molecular complexity index is 6640. The van der Waals surface area contributed by atoms with Crippen LogP contribution in [0, 0.1) is 27.7 Å². The molecule has 0 radical (unpaired) electrons. The maximum atomic E-state index is 15.6. The van der Waals surface area contributed by atoms with Gasteiger partial charge < -0.3 is 145 Å². The highest BCUT2D eigenvalue weighted by Gasteiger charge is 2.58. The number of methoxy groups -OCH3 is 5. The van der Waals surface area contributed by atoms with E-state index in [2.05, 4.69) is 49.8 Å². The van der Waals surface area contributed by atoms with Gasteiger partial charge in [-0.05, 0) is 81.3 Å². The molecule has 0 aromatic carbocycles. The highest BCUT2D eigenvalue weighted by molar-refractivity contribution is 8.08. The van der Waals surface area contributed by atoms with E-state index in [1.807, 2.05) is 0 Å². The van der Waals surface area contributed by atoms with Crippen LogP contribution in [-0.4, -0.2) is 345 Å². The van der Waals surface area contributed by atoms with E-state index in [1.165, 1.54) is 92.7 Å². The van der Waals surface area contributed by atoms with Gasteiger partial charge >= 0.3 is 57.5 Å². The molecule has 69 heteroatoms. The van der Waals surface area contributed by atoms with Gasteiger partial charge in [-0.1, -0.05) is 6.92 Å². The van der Waals surface area contributed by atoms with Gasteiger partial charge in [-0.2, -0.15) is 9.97 Å². The summed E-state index contributed by atoms with van der Waals surface area (Å²) >= 11 is 22.9. The minimum Gasteiger partial charge on any atom is -0.387 e. The lowest BCUT2D eigenvalue weighted by molar-refractivity contribution is -0.0836. The van der Waals surface area contributed by atoms with E-state index in [9.17, 15) is 67.9 Å². The molecule has 145 heavy (non-hydrogen) atoms. The molecule has 28 atom stereocenters. The first-order valence-corrected chi connectivity index (χ1v) is 56.1. The number of hydrogen-bond acceptors (Lipinski definition) is 49. The zero-order valence-corrected chi connectivity index (χ0v) is 86.5. The minimum absolute atomic E-state index is 0.00123. The number of nitrogen functional groups attached to an aromatic ring is 3. The molecule has 6 saturated heterocycles. The zero-order valence-electron chi connectivity index (χ0n) is 78.8. The number of ether oxygens (including phenoxy) is 16. The fourth-order valence-electron chi connectivity index (χ4n) is 16.5. The molecule has 16 N–H and O–H groups in total. The van der Waals surface area contributed by atoms with Crippen LogP contribution < -0.4 is 62.2 Å². The lowest BCUT2D eigenvalue weighted by Gasteiger charge is -2.30. The van der Waals surface area contributed by atoms with Crippen molar-refractivity contribution in [1.82, 2.24) is 77.2 Å². The second-order valence-electron chi connectivity index (χ2n) is 33.3. The van der Waals surface area contributed by atoms with Crippen molar-refractivity contribution in [2.45, 2.75) is 189 Å². The number of nitrogens with two attached hydrogens (primary N) is 3. The summed E-state index contributed by atoms with van der Waals surface area (Å²) in [5, 5.41) is 11.8. The van der Waals surface area contributed by atoms with Crippen molar-refractivity contribution >= 4 is 122 Å². The number of aliphatic hydroxyl groups excluding tert-OH is 1. The third-order valence-corrected chi connectivity index (χ3v) is 30.7. The maximum absolute atomic E-state index is 15.6. The summed E-state index contributed by atoms with van der Waals surface area (Å²) in [6.07, 6.45) is -27.8. The van der Waals surface area contributed by atoms with E-state index in [0.717, 1.165) is 41.7 Å². The van der Waals surface area contributed by atoms with Crippen LogP contribution in [0.4, 0.5) is 17.6 Å². The molecule has 14 rings (SSSR count). The number of phosphoric ester groups is 1. The Morgan fingerprint density at radius 3 is 1.21 bits per heavy atom. The summed E-state index contributed by atoms with van der Waals surface area (Å²) in [5.41, 5.74) is 11.8. The summed E-state index contributed by atoms with van der Waals surface area (Å²) in [5.74, 6) is -0.709. The second-order valence-corrected chi connectivity index (χ2v) is 45.8. The number of hydrogen-bond donors (Lipinski definition) is 13. The minimum atomic E-state index is -5.88. The standard InChI is InChI=1S/C76H110N19O41P5S4/c1-11-39-40(22-46(126-39)90-24-36(3)63(97)87-74(90)102)132-138(107,142)123-30-44-52(57(119-20-15-114-9)69(129-44)93-26-38(5)65(99)89-76(93)104)136-140(109,144)124-29-43-50(55(117-18-13-112-7)70(131-43)94-33-82-47-60(78)80-32-81-61(47)94)133-137(105,106)121-28-42-51(58(120-21-16-115-10)71(130-42)95-34-83-48-62(95)85-72(79)86-66(48)100)134-141(110,145)125-31-45-53(56(118-19-14-113-8)68(128-45)91-23-35(2)59(77)84-73(91)101)135-139(108,143)122-27-41-49(96)54(116-17-12-111-6)67(127-41)92-25-37(4)64(98)88-75(92)103/h23-26,32-34,39-46,49-58,67-71,96H,11-22,27-31H2,1-10H3,(H,105,106)(H,107,142)(H,108,143)(H,109,144)(H,110,145)(H2,77,84,101)(H2,78,80,81)(H,87,97,102)(H,88,98,103)(H,89,99,104)(H3,79,85,86,100)/t39-,40-,41-,42-,43-,44-,45-,46-,49+,50+,51+,52+,53+,54?,55?,56?,57?,58?,67-,68-,69-,70-,71-,138?,139?,140?,141?/m1/s1. The van der Waals surface area contributed by atoms with Gasteiger partial charge in [0.15, 0.2) is 53.8 Å². The molecule has 8 aromatic heterocycles. The van der Waals surface area contributed by atoms with E-state index < -0.39 is 260 Å². The summed E-state index contributed by atoms with van der Waals surface area (Å²) in [6, 6.07) is 0. The second kappa shape index (κ2) is 49.0. The number of aromatic nitrogens is 16. The van der Waals surface area contributed by atoms with Crippen LogP contribution in [0.25, 0.3) is 22.3 Å². The monoisotopic (exact) mass is 2230 g/mol. The number of nitrogens with zero attached hydrogens (tertiary/aromatic N) is 12. The highest BCUT2D eigenvalue weighted by atomic mass is 32.5. The van der Waals surface area contributed by atoms with Gasteiger partial charge in [0.1, 0.15) is 115 Å². The molecule has 14 heterocycles. The molecule has 0 bridgehead atoms. The molecule has 804 valence electrons. The third kappa shape index (κ3) is 27.1. The van der Waals surface area contributed by atoms with Crippen LogP contribution in [0.3, 0.4) is 0 Å². The van der Waals surface area contributed by atoms with E-state index in [-0.39, 0.29) is 135 Å². The van der Waals surface area contributed by atoms with Gasteiger partial charge in [-0.15, -0.1) is 0 Å². The Balaban J connectivity index is 0.765. The molecular formula is C76H110N19O41P5S4. The first-order chi connectivity index (χ1) is 68.9. The number of nitrogens with one attached hydrogen (secondary N) is 4. The Morgan fingerprint density at radius 2 is 0.759 bits per heavy atom. The van der Waals surface area contributed by atoms with Gasteiger partial charge in [0.05, 0.1) is 124 Å². The number of imidazole rings is 2. The number of H-pyrrole nitrogens is 4. The molecular weight excluding hydrogens is 2120 g/mol. The zero-order chi connectivity index (χ0) is 105. The molecule has 6 aliphatic rings. The first-order valence-electron chi connectivity index (χ1n) is 44.3. The predicted molar refractivity (Wildman–Crippen MR) is 511 cm³/mol. The topological polar surface area (TPSA) is 763 Å². The summed E-state index contributed by atoms with van der Waals surface area (Å²) in [6.45, 7) is -18.7. The summed E-state index contributed by atoms with van der Waals surface area (Å²) in [4.78, 5) is 202. The quantitative estimate of drug-likeness (QED) is 0.0139. The number of anilines is 3. The Morgan fingerprint density at radius 1 is 0.393 bits per heavy atom. The fourth-order valence-corrected chi connectivity index (χ4v) is 23.3. The fraction of sp³-hybridized carbons (Fsp3) is 0.658. The lowest BCUT2D eigenvalue weighted by atomic mass is 10.1. The van der Waals surface area contributed by atoms with Crippen LogP contribution in [0.1, 0.15) is 79.4 Å². The van der Waals surface area contributed by atoms with Crippen molar-refractivity contribution in [3.8, 4) is 0 Å². The molecule has 6 fully saturated rings. The lowest BCUT2D eigenvalue weighted by Crippen LogP contribution is -2.41. The van der Waals surface area contributed by atoms with Crippen molar-refractivity contribution in [3.63, 3.8) is 0 Å². The molecule has 8 aromatic rings. The molecule has 0 amide bonds. The van der Waals surface area contributed by atoms with Crippen molar-refractivity contribution in [2.24, 2.45) is 0 Å². The van der Waals surface area contributed by atoms with E-state index >= 15 is 4.57 Å². The van der Waals surface area contributed by atoms with E-state index in [1.54, 1.807) is 6.92 Å². The molecule has 0 aliphatic carbocycles. The molecule has 6 aliphatic heterocycles. The number of phosphoric acid groups is 1. The number of aromatic amines is 4. The van der Waals surface area contributed by atoms with E-state index in [4.69, 9.17) is 185 Å². The predicted octanol–water partition coefficient (Wildman–Crippen LogP) is -2.47. The molecule has 60 nitrogen and oxygen atoms in total. The smallest absolute Gasteiger partial charge is 0.387 e. The van der Waals surface area contributed by atoms with Gasteiger partial charge in [0, 0.05) is 89.0 Å². The average molecular weight is 2230 g/mol. The molecule has 0 spiro atoms. The number of aryl methyl sites for hydroxylation is 4. The van der Waals surface area contributed by atoms with Crippen molar-refractivity contribution in [2.75, 3.05) is 152 Å². The van der Waals surface area contributed by atoms with Crippen LogP contribution in [0.2, 0.25) is 0 Å². The van der Waals surface area contributed by atoms with Gasteiger partial charge in [-0.3, -0.25) is 89.1 Å². The molecule has 10 unspecified atom stereocenters. The van der Waals surface area contributed by atoms with Crippen molar-refractivity contribution in [3.05, 3.63) is 149 Å². The van der Waals surface area contributed by atoms with Crippen LogP contribution in [0.15, 0.2) is 82.1 Å².